The summed E-state index contributed by atoms with van der Waals surface area (Å²) in [4.78, 5) is 18.3. The van der Waals surface area contributed by atoms with Crippen molar-refractivity contribution < 1.29 is 13.9 Å². The number of aromatic hydroxyl groups is 1. The average molecular weight is 316 g/mol. The molecule has 1 aromatic heterocycles. The summed E-state index contributed by atoms with van der Waals surface area (Å²) in [7, 11) is 0. The zero-order valence-corrected chi connectivity index (χ0v) is 12.1. The molecule has 0 aliphatic heterocycles. The Kier molecular flexibility index (Phi) is 3.74. The minimum atomic E-state index is -1.98. The average Bonchev–Trinajstić information content (AvgIpc) is 2.48. The van der Waals surface area contributed by atoms with Crippen molar-refractivity contribution in [2.24, 2.45) is 0 Å². The number of benzene rings is 2. The summed E-state index contributed by atoms with van der Waals surface area (Å²) in [6, 6.07) is 10.2. The number of aromatic nitrogens is 2. The van der Waals surface area contributed by atoms with Gasteiger partial charge in [0.05, 0.1) is 17.5 Å². The first-order chi connectivity index (χ1) is 10.6. The summed E-state index contributed by atoms with van der Waals surface area (Å²) in [6.07, 6.45) is 1.23. The Morgan fingerprint density at radius 3 is 2.77 bits per heavy atom. The van der Waals surface area contributed by atoms with Gasteiger partial charge in [-0.25, -0.2) is 9.19 Å². The largest absolute Gasteiger partial charge is 0.506 e. The Bertz CT molecular complexity index is 936. The van der Waals surface area contributed by atoms with Gasteiger partial charge in [-0.1, -0.05) is 24.3 Å². The van der Waals surface area contributed by atoms with Crippen LogP contribution in [0.3, 0.4) is 0 Å². The van der Waals surface area contributed by atoms with Gasteiger partial charge in [-0.15, -0.1) is 0 Å². The Balaban J connectivity index is 2.25. The van der Waals surface area contributed by atoms with Crippen molar-refractivity contribution in [1.29, 1.82) is 0 Å². The molecular weight excluding hydrogens is 304 g/mol. The molecule has 7 heteroatoms. The maximum atomic E-state index is 11.9. The number of fused-ring (bicyclic) bond motifs is 1. The van der Waals surface area contributed by atoms with Gasteiger partial charge in [0, 0.05) is 0 Å². The van der Waals surface area contributed by atoms with Crippen LogP contribution in [-0.4, -0.2) is 23.8 Å². The van der Waals surface area contributed by atoms with Crippen LogP contribution in [0, 0.1) is 0 Å². The zero-order valence-electron chi connectivity index (χ0n) is 11.3. The fourth-order valence-corrected chi connectivity index (χ4v) is 2.90. The standard InChI is InChI=1S/C15H12N2O4S/c18-13-6-10(5-12-14(13)16-8-17-15(12)19)11-4-2-1-3-9(11)7-22(20)21/h1-6,8,18H,7H2,(H,20,21)(H,16,17,19). The predicted octanol–water partition coefficient (Wildman–Crippen LogP) is 2.02. The van der Waals surface area contributed by atoms with Crippen LogP contribution in [-0.2, 0) is 16.8 Å². The third-order valence-electron chi connectivity index (χ3n) is 3.33. The van der Waals surface area contributed by atoms with E-state index in [4.69, 9.17) is 4.55 Å². The van der Waals surface area contributed by atoms with E-state index in [2.05, 4.69) is 9.97 Å². The van der Waals surface area contributed by atoms with Gasteiger partial charge in [-0.2, -0.15) is 0 Å². The molecule has 1 atom stereocenters. The third-order valence-corrected chi connectivity index (χ3v) is 3.89. The minimum Gasteiger partial charge on any atom is -0.506 e. The monoisotopic (exact) mass is 316 g/mol. The van der Waals surface area contributed by atoms with E-state index < -0.39 is 11.1 Å². The van der Waals surface area contributed by atoms with Crippen molar-refractivity contribution in [2.75, 3.05) is 0 Å². The molecule has 3 N–H and O–H groups in total. The number of hydrogen-bond acceptors (Lipinski definition) is 4. The van der Waals surface area contributed by atoms with E-state index in [0.29, 0.717) is 16.7 Å². The Morgan fingerprint density at radius 2 is 2.00 bits per heavy atom. The summed E-state index contributed by atoms with van der Waals surface area (Å²) in [6.45, 7) is 0. The lowest BCUT2D eigenvalue weighted by molar-refractivity contribution is 0.480. The van der Waals surface area contributed by atoms with Crippen molar-refractivity contribution in [1.82, 2.24) is 9.97 Å². The summed E-state index contributed by atoms with van der Waals surface area (Å²) in [5, 5.41) is 10.3. The van der Waals surface area contributed by atoms with Gasteiger partial charge in [0.2, 0.25) is 0 Å². The van der Waals surface area contributed by atoms with Crippen molar-refractivity contribution in [3.63, 3.8) is 0 Å². The Labute approximate surface area is 127 Å². The molecule has 0 radical (unpaired) electrons. The molecule has 0 fully saturated rings. The van der Waals surface area contributed by atoms with Crippen LogP contribution >= 0.6 is 0 Å². The topological polar surface area (TPSA) is 103 Å². The van der Waals surface area contributed by atoms with Crippen molar-refractivity contribution in [3.8, 4) is 16.9 Å². The molecule has 3 aromatic rings. The highest BCUT2D eigenvalue weighted by Crippen LogP contribution is 2.31. The zero-order chi connectivity index (χ0) is 15.7. The fourth-order valence-electron chi connectivity index (χ4n) is 2.38. The minimum absolute atomic E-state index is 0.0294. The molecule has 22 heavy (non-hydrogen) atoms. The molecule has 0 aliphatic rings. The summed E-state index contributed by atoms with van der Waals surface area (Å²) in [5.74, 6) is -0.142. The number of aromatic amines is 1. The number of rotatable bonds is 3. The number of hydrogen-bond donors (Lipinski definition) is 3. The highest BCUT2D eigenvalue weighted by molar-refractivity contribution is 7.78. The maximum Gasteiger partial charge on any atom is 0.258 e. The second-order valence-electron chi connectivity index (χ2n) is 4.75. The molecule has 0 bridgehead atoms. The SMILES string of the molecule is O=c1[nH]cnc2c(O)cc(-c3ccccc3CS(=O)O)cc12. The van der Waals surface area contributed by atoms with E-state index in [1.165, 1.54) is 12.4 Å². The van der Waals surface area contributed by atoms with Crippen LogP contribution < -0.4 is 5.56 Å². The first-order valence-corrected chi connectivity index (χ1v) is 7.70. The second-order valence-corrected chi connectivity index (χ2v) is 5.68. The lowest BCUT2D eigenvalue weighted by atomic mass is 9.99. The lowest BCUT2D eigenvalue weighted by Crippen LogP contribution is -2.06. The molecule has 1 unspecified atom stereocenters. The summed E-state index contributed by atoms with van der Waals surface area (Å²) in [5.41, 5.74) is 1.79. The first-order valence-electron chi connectivity index (χ1n) is 6.42. The van der Waals surface area contributed by atoms with E-state index in [0.717, 1.165) is 0 Å². The molecule has 0 spiro atoms. The van der Waals surface area contributed by atoms with Crippen LogP contribution in [0.15, 0.2) is 47.5 Å². The van der Waals surface area contributed by atoms with E-state index in [9.17, 15) is 14.1 Å². The number of phenolic OH excluding ortho intramolecular Hbond substituents is 1. The van der Waals surface area contributed by atoms with E-state index in [1.54, 1.807) is 30.3 Å². The van der Waals surface area contributed by atoms with Gasteiger partial charge in [-0.05, 0) is 28.8 Å². The Hall–Kier alpha value is -2.51. The normalized spacial score (nSPS) is 12.4. The first kappa shape index (κ1) is 14.4. The van der Waals surface area contributed by atoms with Gasteiger partial charge in [0.25, 0.3) is 5.56 Å². The molecule has 1 heterocycles. The summed E-state index contributed by atoms with van der Waals surface area (Å²) >= 11 is -1.98. The van der Waals surface area contributed by atoms with E-state index >= 15 is 0 Å². The van der Waals surface area contributed by atoms with Crippen LogP contribution in [0.5, 0.6) is 5.75 Å². The van der Waals surface area contributed by atoms with Gasteiger partial charge in [0.15, 0.2) is 11.1 Å². The van der Waals surface area contributed by atoms with Crippen molar-refractivity contribution in [2.45, 2.75) is 5.75 Å². The van der Waals surface area contributed by atoms with Gasteiger partial charge >= 0.3 is 0 Å². The van der Waals surface area contributed by atoms with Gasteiger partial charge in [0.1, 0.15) is 11.3 Å². The number of phenols is 1. The van der Waals surface area contributed by atoms with Crippen LogP contribution in [0.2, 0.25) is 0 Å². The number of H-pyrrole nitrogens is 1. The molecule has 6 nitrogen and oxygen atoms in total. The molecule has 0 aliphatic carbocycles. The molecule has 0 amide bonds. The fraction of sp³-hybridized carbons (Fsp3) is 0.0667. The van der Waals surface area contributed by atoms with Crippen LogP contribution in [0.1, 0.15) is 5.56 Å². The number of nitrogens with one attached hydrogen (secondary N) is 1. The highest BCUT2D eigenvalue weighted by atomic mass is 32.2. The molecule has 112 valence electrons. The maximum absolute atomic E-state index is 11.9. The van der Waals surface area contributed by atoms with Crippen LogP contribution in [0.25, 0.3) is 22.0 Å². The summed E-state index contributed by atoms with van der Waals surface area (Å²) < 4.78 is 20.2. The Morgan fingerprint density at radius 1 is 1.23 bits per heavy atom. The predicted molar refractivity (Wildman–Crippen MR) is 83.9 cm³/mol. The smallest absolute Gasteiger partial charge is 0.258 e. The molecule has 3 rings (SSSR count). The van der Waals surface area contributed by atoms with E-state index in [-0.39, 0.29) is 28.0 Å². The lowest BCUT2D eigenvalue weighted by Gasteiger charge is -2.10. The third kappa shape index (κ3) is 2.63. The number of nitrogens with zero attached hydrogens (tertiary/aromatic N) is 1. The highest BCUT2D eigenvalue weighted by Gasteiger charge is 2.12. The van der Waals surface area contributed by atoms with Crippen molar-refractivity contribution in [3.05, 3.63) is 58.6 Å². The van der Waals surface area contributed by atoms with Gasteiger partial charge in [-0.3, -0.25) is 4.79 Å². The van der Waals surface area contributed by atoms with Crippen LogP contribution in [0.4, 0.5) is 0 Å². The molecule has 0 saturated heterocycles. The van der Waals surface area contributed by atoms with E-state index in [1.807, 2.05) is 0 Å². The van der Waals surface area contributed by atoms with Crippen molar-refractivity contribution >= 4 is 22.0 Å². The second kappa shape index (κ2) is 5.70. The molecular formula is C15H12N2O4S. The molecule has 0 saturated carbocycles. The van der Waals surface area contributed by atoms with Gasteiger partial charge < -0.3 is 14.6 Å². The molecule has 2 aromatic carbocycles. The quantitative estimate of drug-likeness (QED) is 0.641.